The lowest BCUT2D eigenvalue weighted by atomic mass is 10.2. The molecular formula is C18H19N3O. The lowest BCUT2D eigenvalue weighted by Crippen LogP contribution is -1.99. The number of rotatable bonds is 4. The van der Waals surface area contributed by atoms with Crippen LogP contribution in [0.15, 0.2) is 48.7 Å². The van der Waals surface area contributed by atoms with Crippen molar-refractivity contribution in [3.8, 4) is 11.6 Å². The minimum absolute atomic E-state index is 0.464. The van der Waals surface area contributed by atoms with E-state index < -0.39 is 0 Å². The third kappa shape index (κ3) is 2.72. The molecule has 2 heterocycles. The van der Waals surface area contributed by atoms with Crippen LogP contribution < -0.4 is 4.74 Å². The highest BCUT2D eigenvalue weighted by atomic mass is 16.5. The summed E-state index contributed by atoms with van der Waals surface area (Å²) in [4.78, 5) is 9.19. The molecule has 4 nitrogen and oxygen atoms in total. The van der Waals surface area contributed by atoms with E-state index in [1.807, 2.05) is 42.5 Å². The third-order valence-corrected chi connectivity index (χ3v) is 3.40. The minimum atomic E-state index is 0.464. The quantitative estimate of drug-likeness (QED) is 0.727. The van der Waals surface area contributed by atoms with Gasteiger partial charge in [-0.1, -0.05) is 26.0 Å². The largest absolute Gasteiger partial charge is 0.497 e. The second kappa shape index (κ2) is 6.02. The topological polar surface area (TPSA) is 39.9 Å². The molecule has 0 unspecified atom stereocenters. The maximum atomic E-state index is 5.29. The van der Waals surface area contributed by atoms with Crippen molar-refractivity contribution >= 4 is 17.1 Å². The number of fused-ring (bicyclic) bond motifs is 1. The van der Waals surface area contributed by atoms with Crippen molar-refractivity contribution < 1.29 is 4.74 Å². The lowest BCUT2D eigenvalue weighted by Gasteiger charge is -2.06. The highest BCUT2D eigenvalue weighted by Crippen LogP contribution is 2.25. The molecule has 0 spiro atoms. The first kappa shape index (κ1) is 14.3. The van der Waals surface area contributed by atoms with Crippen LogP contribution in [0.4, 0.5) is 0 Å². The standard InChI is InChI=1S/C18H19N3O/c1-13(2)7-10-18-20-15-12-14(22-3)8-9-16(15)21(18)17-6-4-5-11-19-17/h4-13H,1-3H3/b10-7+. The lowest BCUT2D eigenvalue weighted by molar-refractivity contribution is 0.415. The summed E-state index contributed by atoms with van der Waals surface area (Å²) in [7, 11) is 1.66. The molecule has 0 amide bonds. The van der Waals surface area contributed by atoms with Gasteiger partial charge in [0, 0.05) is 12.3 Å². The van der Waals surface area contributed by atoms with Crippen molar-refractivity contribution in [3.63, 3.8) is 0 Å². The fourth-order valence-corrected chi connectivity index (χ4v) is 2.32. The smallest absolute Gasteiger partial charge is 0.139 e. The Labute approximate surface area is 130 Å². The number of pyridine rings is 1. The van der Waals surface area contributed by atoms with Crippen LogP contribution >= 0.6 is 0 Å². The van der Waals surface area contributed by atoms with Gasteiger partial charge >= 0.3 is 0 Å². The molecular weight excluding hydrogens is 274 g/mol. The van der Waals surface area contributed by atoms with Crippen LogP contribution in [-0.4, -0.2) is 21.6 Å². The first-order valence-electron chi connectivity index (χ1n) is 7.35. The average molecular weight is 293 g/mol. The molecule has 112 valence electrons. The Morgan fingerprint density at radius 2 is 2.05 bits per heavy atom. The number of benzene rings is 1. The van der Waals surface area contributed by atoms with E-state index >= 15 is 0 Å². The maximum Gasteiger partial charge on any atom is 0.139 e. The van der Waals surface area contributed by atoms with Crippen molar-refractivity contribution in [1.29, 1.82) is 0 Å². The molecule has 0 bridgehead atoms. The first-order chi connectivity index (χ1) is 10.7. The zero-order valence-corrected chi connectivity index (χ0v) is 13.0. The van der Waals surface area contributed by atoms with Crippen LogP contribution in [0.3, 0.4) is 0 Å². The molecule has 0 N–H and O–H groups in total. The summed E-state index contributed by atoms with van der Waals surface area (Å²) < 4.78 is 7.36. The second-order valence-corrected chi connectivity index (χ2v) is 5.45. The van der Waals surface area contributed by atoms with E-state index in [2.05, 4.69) is 29.5 Å². The predicted molar refractivity (Wildman–Crippen MR) is 89.3 cm³/mol. The molecule has 2 aromatic heterocycles. The highest BCUT2D eigenvalue weighted by molar-refractivity contribution is 5.81. The number of ether oxygens (including phenoxy) is 1. The van der Waals surface area contributed by atoms with Crippen molar-refractivity contribution in [2.45, 2.75) is 13.8 Å². The third-order valence-electron chi connectivity index (χ3n) is 3.40. The van der Waals surface area contributed by atoms with E-state index in [1.165, 1.54) is 0 Å². The van der Waals surface area contributed by atoms with Crippen LogP contribution in [0.1, 0.15) is 19.7 Å². The van der Waals surface area contributed by atoms with Crippen molar-refractivity contribution in [1.82, 2.24) is 14.5 Å². The van der Waals surface area contributed by atoms with Gasteiger partial charge in [-0.15, -0.1) is 0 Å². The fraction of sp³-hybridized carbons (Fsp3) is 0.222. The highest BCUT2D eigenvalue weighted by Gasteiger charge is 2.12. The summed E-state index contributed by atoms with van der Waals surface area (Å²) in [5.41, 5.74) is 1.91. The molecule has 0 aliphatic carbocycles. The zero-order valence-electron chi connectivity index (χ0n) is 13.0. The van der Waals surface area contributed by atoms with Crippen LogP contribution in [0.5, 0.6) is 5.75 Å². The summed E-state index contributed by atoms with van der Waals surface area (Å²) in [5.74, 6) is 3.00. The van der Waals surface area contributed by atoms with Gasteiger partial charge in [0.05, 0.1) is 18.1 Å². The molecule has 22 heavy (non-hydrogen) atoms. The first-order valence-corrected chi connectivity index (χ1v) is 7.35. The van der Waals surface area contributed by atoms with Gasteiger partial charge in [-0.05, 0) is 36.3 Å². The number of imidazole rings is 1. The van der Waals surface area contributed by atoms with Crippen molar-refractivity contribution in [3.05, 3.63) is 54.5 Å². The number of nitrogens with zero attached hydrogens (tertiary/aromatic N) is 3. The SMILES string of the molecule is COc1ccc2c(c1)nc(/C=C/C(C)C)n2-c1ccccn1. The minimum Gasteiger partial charge on any atom is -0.497 e. The normalized spacial score (nSPS) is 11.6. The van der Waals surface area contributed by atoms with Crippen LogP contribution in [0, 0.1) is 5.92 Å². The van der Waals surface area contributed by atoms with E-state index in [9.17, 15) is 0 Å². The molecule has 0 saturated carbocycles. The molecule has 0 aliphatic rings. The molecule has 3 rings (SSSR count). The summed E-state index contributed by atoms with van der Waals surface area (Å²) in [6, 6.07) is 11.8. The summed E-state index contributed by atoms with van der Waals surface area (Å²) in [5, 5.41) is 0. The van der Waals surface area contributed by atoms with Crippen molar-refractivity contribution in [2.75, 3.05) is 7.11 Å². The Bertz CT molecular complexity index is 804. The predicted octanol–water partition coefficient (Wildman–Crippen LogP) is 4.10. The zero-order chi connectivity index (χ0) is 15.5. The van der Waals surface area contributed by atoms with Gasteiger partial charge in [-0.25, -0.2) is 9.97 Å². The number of methoxy groups -OCH3 is 1. The summed E-state index contributed by atoms with van der Waals surface area (Å²) in [6.07, 6.45) is 5.98. The van der Waals surface area contributed by atoms with E-state index in [0.717, 1.165) is 28.4 Å². The molecule has 0 fully saturated rings. The molecule has 0 atom stereocenters. The Morgan fingerprint density at radius 3 is 2.73 bits per heavy atom. The number of aromatic nitrogens is 3. The fourth-order valence-electron chi connectivity index (χ4n) is 2.32. The van der Waals surface area contributed by atoms with Crippen LogP contribution in [0.2, 0.25) is 0 Å². The Hall–Kier alpha value is -2.62. The molecule has 3 aromatic rings. The summed E-state index contributed by atoms with van der Waals surface area (Å²) in [6.45, 7) is 4.29. The maximum absolute atomic E-state index is 5.29. The number of hydrogen-bond acceptors (Lipinski definition) is 3. The Balaban J connectivity index is 2.23. The molecule has 0 saturated heterocycles. The second-order valence-electron chi connectivity index (χ2n) is 5.45. The van der Waals surface area contributed by atoms with Gasteiger partial charge in [-0.2, -0.15) is 0 Å². The average Bonchev–Trinajstić information content (AvgIpc) is 2.91. The number of hydrogen-bond donors (Lipinski definition) is 0. The Morgan fingerprint density at radius 1 is 1.18 bits per heavy atom. The summed E-state index contributed by atoms with van der Waals surface area (Å²) >= 11 is 0. The van der Waals surface area contributed by atoms with Gasteiger partial charge in [-0.3, -0.25) is 4.57 Å². The van der Waals surface area contributed by atoms with Gasteiger partial charge in [0.2, 0.25) is 0 Å². The molecule has 1 aromatic carbocycles. The van der Waals surface area contributed by atoms with E-state index in [1.54, 1.807) is 13.3 Å². The van der Waals surface area contributed by atoms with Gasteiger partial charge in [0.25, 0.3) is 0 Å². The van der Waals surface area contributed by atoms with E-state index in [0.29, 0.717) is 5.92 Å². The van der Waals surface area contributed by atoms with Crippen LogP contribution in [-0.2, 0) is 0 Å². The Kier molecular flexibility index (Phi) is 3.92. The van der Waals surface area contributed by atoms with E-state index in [4.69, 9.17) is 9.72 Å². The van der Waals surface area contributed by atoms with Gasteiger partial charge in [0.1, 0.15) is 17.4 Å². The molecule has 4 heteroatoms. The van der Waals surface area contributed by atoms with Crippen molar-refractivity contribution in [2.24, 2.45) is 5.92 Å². The van der Waals surface area contributed by atoms with Gasteiger partial charge in [0.15, 0.2) is 0 Å². The monoisotopic (exact) mass is 293 g/mol. The molecule has 0 aliphatic heterocycles. The van der Waals surface area contributed by atoms with E-state index in [-0.39, 0.29) is 0 Å². The molecule has 0 radical (unpaired) electrons. The van der Waals surface area contributed by atoms with Crippen LogP contribution in [0.25, 0.3) is 22.9 Å². The number of allylic oxidation sites excluding steroid dienone is 1. The van der Waals surface area contributed by atoms with Gasteiger partial charge < -0.3 is 4.74 Å².